The monoisotopic (exact) mass is 420 g/mol. The largest absolute Gasteiger partial charge is 0.337 e. The first-order valence-corrected chi connectivity index (χ1v) is 11.3. The summed E-state index contributed by atoms with van der Waals surface area (Å²) in [5.74, 6) is 0.869. The number of aromatic amines is 1. The van der Waals surface area contributed by atoms with E-state index >= 15 is 0 Å². The number of nitrogens with one attached hydrogen (secondary N) is 1. The fraction of sp³-hybridized carbons (Fsp3) is 0.500. The molecule has 162 valence electrons. The van der Waals surface area contributed by atoms with Gasteiger partial charge in [0.25, 0.3) is 11.5 Å². The highest BCUT2D eigenvalue weighted by Gasteiger charge is 2.36. The number of carbonyl (C=O) groups excluding carboxylic acids is 2. The lowest BCUT2D eigenvalue weighted by atomic mass is 9.98. The molecule has 31 heavy (non-hydrogen) atoms. The standard InChI is InChI=1S/C24H28N4O3/c1-15-5-4-6-17(13-15)24(31)28-11-3-2-7-20(28)21-25-19-10-12-27(23(30)16-8-9-16)14-18(19)22(29)26-21/h4-6,13,16,20H,2-3,7-12,14H2,1H3,(H,25,26,29)/t20-/m1/s1. The molecule has 3 heterocycles. The molecule has 2 aromatic rings. The minimum absolute atomic E-state index is 0.0185. The summed E-state index contributed by atoms with van der Waals surface area (Å²) in [6.45, 7) is 3.57. The number of aromatic nitrogens is 2. The first-order valence-electron chi connectivity index (χ1n) is 11.3. The number of H-pyrrole nitrogens is 1. The van der Waals surface area contributed by atoms with E-state index in [0.29, 0.717) is 43.0 Å². The molecule has 2 aliphatic heterocycles. The lowest BCUT2D eigenvalue weighted by molar-refractivity contribution is -0.133. The minimum Gasteiger partial charge on any atom is -0.337 e. The summed E-state index contributed by atoms with van der Waals surface area (Å²) in [6, 6.07) is 7.39. The minimum atomic E-state index is -0.231. The lowest BCUT2D eigenvalue weighted by Gasteiger charge is -2.36. The Balaban J connectivity index is 1.42. The summed E-state index contributed by atoms with van der Waals surface area (Å²) in [5.41, 5.74) is 2.90. The van der Waals surface area contributed by atoms with E-state index in [2.05, 4.69) is 4.98 Å². The summed E-state index contributed by atoms with van der Waals surface area (Å²) in [6.07, 6.45) is 5.23. The first-order chi connectivity index (χ1) is 15.0. The van der Waals surface area contributed by atoms with Crippen LogP contribution in [-0.2, 0) is 17.8 Å². The van der Waals surface area contributed by atoms with Crippen LogP contribution < -0.4 is 5.56 Å². The Hall–Kier alpha value is -2.96. The molecule has 1 aromatic heterocycles. The van der Waals surface area contributed by atoms with Gasteiger partial charge in [0.05, 0.1) is 23.8 Å². The summed E-state index contributed by atoms with van der Waals surface area (Å²) in [7, 11) is 0. The predicted molar refractivity (Wildman–Crippen MR) is 116 cm³/mol. The number of nitrogens with zero attached hydrogens (tertiary/aromatic N) is 3. The molecule has 1 saturated heterocycles. The molecule has 3 aliphatic rings. The number of rotatable bonds is 3. The van der Waals surface area contributed by atoms with Crippen LogP contribution in [0.3, 0.4) is 0 Å². The van der Waals surface area contributed by atoms with Crippen molar-refractivity contribution in [3.8, 4) is 0 Å². The maximum atomic E-state index is 13.3. The Labute approximate surface area is 181 Å². The Morgan fingerprint density at radius 3 is 2.74 bits per heavy atom. The number of fused-ring (bicyclic) bond motifs is 1. The van der Waals surface area contributed by atoms with Gasteiger partial charge in [-0.2, -0.15) is 0 Å². The van der Waals surface area contributed by atoms with Gasteiger partial charge in [-0.3, -0.25) is 14.4 Å². The van der Waals surface area contributed by atoms with Gasteiger partial charge >= 0.3 is 0 Å². The van der Waals surface area contributed by atoms with Gasteiger partial charge in [0.15, 0.2) is 0 Å². The van der Waals surface area contributed by atoms with E-state index in [-0.39, 0.29) is 29.3 Å². The Morgan fingerprint density at radius 1 is 1.13 bits per heavy atom. The average Bonchev–Trinajstić information content (AvgIpc) is 3.63. The summed E-state index contributed by atoms with van der Waals surface area (Å²) in [5, 5.41) is 0. The molecule has 7 nitrogen and oxygen atoms in total. The van der Waals surface area contributed by atoms with Gasteiger partial charge in [-0.1, -0.05) is 17.7 Å². The molecular formula is C24H28N4O3. The van der Waals surface area contributed by atoms with E-state index in [9.17, 15) is 14.4 Å². The number of hydrogen-bond donors (Lipinski definition) is 1. The average molecular weight is 421 g/mol. The number of piperidine rings is 1. The van der Waals surface area contributed by atoms with E-state index < -0.39 is 0 Å². The Bertz CT molecular complexity index is 1090. The van der Waals surface area contributed by atoms with Crippen molar-refractivity contribution in [2.75, 3.05) is 13.1 Å². The number of hydrogen-bond acceptors (Lipinski definition) is 4. The second-order valence-electron chi connectivity index (χ2n) is 9.04. The van der Waals surface area contributed by atoms with Crippen LogP contribution >= 0.6 is 0 Å². The van der Waals surface area contributed by atoms with Crippen molar-refractivity contribution in [1.82, 2.24) is 19.8 Å². The number of amides is 2. The van der Waals surface area contributed by atoms with Gasteiger partial charge in [0.2, 0.25) is 5.91 Å². The van der Waals surface area contributed by atoms with Crippen LogP contribution in [0.15, 0.2) is 29.1 Å². The van der Waals surface area contributed by atoms with Gasteiger partial charge in [-0.05, 0) is 51.2 Å². The molecule has 7 heteroatoms. The van der Waals surface area contributed by atoms with Crippen LogP contribution in [0.4, 0.5) is 0 Å². The van der Waals surface area contributed by atoms with E-state index in [0.717, 1.165) is 43.4 Å². The zero-order valence-corrected chi connectivity index (χ0v) is 17.9. The molecule has 1 N–H and O–H groups in total. The zero-order chi connectivity index (χ0) is 21.5. The van der Waals surface area contributed by atoms with Gasteiger partial charge < -0.3 is 14.8 Å². The Morgan fingerprint density at radius 2 is 1.97 bits per heavy atom. The number of aryl methyl sites for hydroxylation is 1. The van der Waals surface area contributed by atoms with Crippen molar-refractivity contribution in [2.45, 2.75) is 58.0 Å². The van der Waals surface area contributed by atoms with Gasteiger partial charge in [-0.25, -0.2) is 4.98 Å². The Kier molecular flexibility index (Phi) is 5.12. The SMILES string of the molecule is Cc1cccc(C(=O)N2CCCC[C@@H]2c2nc3c(c(=O)[nH]2)CN(C(=O)C2CC2)CC3)c1. The third-order valence-electron chi connectivity index (χ3n) is 6.67. The van der Waals surface area contributed by atoms with Gasteiger partial charge in [-0.15, -0.1) is 0 Å². The molecule has 1 aliphatic carbocycles. The summed E-state index contributed by atoms with van der Waals surface area (Å²) < 4.78 is 0. The van der Waals surface area contributed by atoms with Crippen molar-refractivity contribution in [1.29, 1.82) is 0 Å². The maximum absolute atomic E-state index is 13.3. The van der Waals surface area contributed by atoms with Crippen molar-refractivity contribution in [2.24, 2.45) is 5.92 Å². The van der Waals surface area contributed by atoms with E-state index in [1.165, 1.54) is 0 Å². The summed E-state index contributed by atoms with van der Waals surface area (Å²) >= 11 is 0. The third-order valence-corrected chi connectivity index (χ3v) is 6.67. The van der Waals surface area contributed by atoms with Crippen LogP contribution in [0.1, 0.15) is 71.1 Å². The van der Waals surface area contributed by atoms with Crippen molar-refractivity contribution >= 4 is 11.8 Å². The van der Waals surface area contributed by atoms with Crippen LogP contribution in [0.5, 0.6) is 0 Å². The molecular weight excluding hydrogens is 392 g/mol. The van der Waals surface area contributed by atoms with E-state index in [1.807, 2.05) is 36.1 Å². The first kappa shape index (κ1) is 20.0. The van der Waals surface area contributed by atoms with Crippen LogP contribution in [0.25, 0.3) is 0 Å². The predicted octanol–water partition coefficient (Wildman–Crippen LogP) is 2.74. The molecule has 1 aromatic carbocycles. The van der Waals surface area contributed by atoms with Crippen LogP contribution in [0, 0.1) is 12.8 Å². The smallest absolute Gasteiger partial charge is 0.256 e. The fourth-order valence-corrected chi connectivity index (χ4v) is 4.78. The van der Waals surface area contributed by atoms with Crippen molar-refractivity contribution < 1.29 is 9.59 Å². The molecule has 2 amide bonds. The highest BCUT2D eigenvalue weighted by Crippen LogP contribution is 2.33. The van der Waals surface area contributed by atoms with Crippen molar-refractivity contribution in [3.63, 3.8) is 0 Å². The zero-order valence-electron chi connectivity index (χ0n) is 17.9. The maximum Gasteiger partial charge on any atom is 0.256 e. The van der Waals surface area contributed by atoms with Crippen molar-refractivity contribution in [3.05, 3.63) is 62.8 Å². The molecule has 2 fully saturated rings. The van der Waals surface area contributed by atoms with E-state index in [4.69, 9.17) is 4.98 Å². The highest BCUT2D eigenvalue weighted by molar-refractivity contribution is 5.94. The van der Waals surface area contributed by atoms with Gasteiger partial charge in [0.1, 0.15) is 5.82 Å². The van der Waals surface area contributed by atoms with E-state index in [1.54, 1.807) is 4.90 Å². The topological polar surface area (TPSA) is 86.4 Å². The van der Waals surface area contributed by atoms with Crippen LogP contribution in [0.2, 0.25) is 0 Å². The number of benzene rings is 1. The molecule has 5 rings (SSSR count). The van der Waals surface area contributed by atoms with Crippen LogP contribution in [-0.4, -0.2) is 44.7 Å². The molecule has 1 atom stereocenters. The lowest BCUT2D eigenvalue weighted by Crippen LogP contribution is -2.43. The quantitative estimate of drug-likeness (QED) is 0.827. The summed E-state index contributed by atoms with van der Waals surface area (Å²) in [4.78, 5) is 50.0. The molecule has 1 saturated carbocycles. The number of likely N-dealkylation sites (tertiary alicyclic amines) is 1. The molecule has 0 radical (unpaired) electrons. The molecule has 0 unspecified atom stereocenters. The third kappa shape index (κ3) is 3.89. The second-order valence-corrected chi connectivity index (χ2v) is 9.04. The fourth-order valence-electron chi connectivity index (χ4n) is 4.78. The molecule has 0 bridgehead atoms. The molecule has 0 spiro atoms. The number of carbonyl (C=O) groups is 2. The normalized spacial score (nSPS) is 21.0. The second kappa shape index (κ2) is 7.94. The highest BCUT2D eigenvalue weighted by atomic mass is 16.2. The van der Waals surface area contributed by atoms with Gasteiger partial charge in [0, 0.05) is 31.0 Å².